The molecule has 0 bridgehead atoms. The fourth-order valence-corrected chi connectivity index (χ4v) is 6.22. The lowest BCUT2D eigenvalue weighted by molar-refractivity contribution is -0.492. The largest absolute Gasteiger partial charge is 0.462 e. The van der Waals surface area contributed by atoms with Gasteiger partial charge in [-0.1, -0.05) is 61.5 Å². The number of rotatable bonds is 14. The number of hydrogen-bond acceptors (Lipinski definition) is 8. The molecule has 0 amide bonds. The number of benzene rings is 4. The molecule has 6 aromatic rings. The van der Waals surface area contributed by atoms with E-state index in [2.05, 4.69) is 77.3 Å². The lowest BCUT2D eigenvalue weighted by Gasteiger charge is -2.13. The number of aromatic nitrogens is 4. The van der Waals surface area contributed by atoms with Crippen molar-refractivity contribution in [2.24, 2.45) is 7.05 Å². The summed E-state index contributed by atoms with van der Waals surface area (Å²) >= 11 is 0. The number of carbonyl (C=O) groups excluding carboxylic acids is 1. The van der Waals surface area contributed by atoms with Crippen molar-refractivity contribution >= 4 is 28.0 Å². The third kappa shape index (κ3) is 7.17. The highest BCUT2D eigenvalue weighted by Gasteiger charge is 2.18. The van der Waals surface area contributed by atoms with Crippen LogP contribution in [0.2, 0.25) is 0 Å². The summed E-state index contributed by atoms with van der Waals surface area (Å²) in [4.78, 5) is 27.6. The maximum atomic E-state index is 13.0. The molecule has 2 heterocycles. The van der Waals surface area contributed by atoms with Gasteiger partial charge >= 0.3 is 5.97 Å². The van der Waals surface area contributed by atoms with E-state index >= 15 is 0 Å². The van der Waals surface area contributed by atoms with E-state index in [0.717, 1.165) is 80.8 Å². The van der Waals surface area contributed by atoms with Crippen LogP contribution in [0.1, 0.15) is 59.9 Å². The number of unbranched alkanes of at least 4 members (excludes halogenated alkanes) is 2. The standard InChI is InChI=1S/C38H41N5O5/c1-4-12-35-40-36-26(2)23-29(37-39-32-15-8-9-16-33(32)41(37)3)24-34(36)42(35)25-27-17-19-28(20-18-27)30-13-6-7-14-31(30)38(44)47-21-10-5-11-22-48-43(45)46/h6-9,13-20,23-24,45-46H,4-5,10-12,21-22,25H2,1-3H3. The number of esters is 1. The molecule has 0 spiro atoms. The lowest BCUT2D eigenvalue weighted by atomic mass is 9.98. The smallest absolute Gasteiger partial charge is 0.338 e. The molecule has 10 heteroatoms. The Morgan fingerprint density at radius 3 is 2.38 bits per heavy atom. The van der Waals surface area contributed by atoms with E-state index in [1.165, 1.54) is 0 Å². The highest BCUT2D eigenvalue weighted by Crippen LogP contribution is 2.31. The molecule has 0 atom stereocenters. The van der Waals surface area contributed by atoms with Crippen LogP contribution in [0.15, 0.2) is 84.9 Å². The zero-order valence-corrected chi connectivity index (χ0v) is 27.6. The van der Waals surface area contributed by atoms with Gasteiger partial charge in [-0.05, 0) is 85.2 Å². The molecular formula is C38H41N5O5. The summed E-state index contributed by atoms with van der Waals surface area (Å²) in [6, 6.07) is 28.4. The Morgan fingerprint density at radius 1 is 0.854 bits per heavy atom. The average molecular weight is 648 g/mol. The van der Waals surface area contributed by atoms with Crippen LogP contribution < -0.4 is 0 Å². The van der Waals surface area contributed by atoms with E-state index in [-0.39, 0.29) is 24.6 Å². The minimum atomic E-state index is -0.372. The van der Waals surface area contributed by atoms with Gasteiger partial charge in [0.2, 0.25) is 0 Å². The maximum Gasteiger partial charge on any atom is 0.338 e. The van der Waals surface area contributed by atoms with Crippen molar-refractivity contribution < 1.29 is 24.8 Å². The predicted octanol–water partition coefficient (Wildman–Crippen LogP) is 7.91. The van der Waals surface area contributed by atoms with Crippen LogP contribution in [-0.2, 0) is 29.6 Å². The number of para-hydroxylation sites is 2. The first-order valence-corrected chi connectivity index (χ1v) is 16.4. The van der Waals surface area contributed by atoms with Crippen molar-refractivity contribution in [1.82, 2.24) is 24.5 Å². The molecular weight excluding hydrogens is 606 g/mol. The van der Waals surface area contributed by atoms with Crippen LogP contribution in [-0.4, -0.2) is 54.1 Å². The lowest BCUT2D eigenvalue weighted by Crippen LogP contribution is -2.15. The van der Waals surface area contributed by atoms with Crippen LogP contribution in [0.3, 0.4) is 0 Å². The fraction of sp³-hybridized carbons (Fsp3) is 0.289. The summed E-state index contributed by atoms with van der Waals surface area (Å²) in [5.74, 6) is 1.62. The molecule has 0 unspecified atom stereocenters. The van der Waals surface area contributed by atoms with E-state index in [4.69, 9.17) is 25.1 Å². The van der Waals surface area contributed by atoms with Crippen molar-refractivity contribution in [3.8, 4) is 22.5 Å². The molecule has 0 saturated heterocycles. The van der Waals surface area contributed by atoms with Crippen LogP contribution in [0.25, 0.3) is 44.6 Å². The zero-order valence-electron chi connectivity index (χ0n) is 27.6. The van der Waals surface area contributed by atoms with Crippen molar-refractivity contribution in [1.29, 1.82) is 0 Å². The van der Waals surface area contributed by atoms with E-state index in [9.17, 15) is 4.79 Å². The van der Waals surface area contributed by atoms with E-state index in [1.54, 1.807) is 6.07 Å². The molecule has 2 aromatic heterocycles. The van der Waals surface area contributed by atoms with E-state index in [1.807, 2.05) is 36.4 Å². The molecule has 10 nitrogen and oxygen atoms in total. The average Bonchev–Trinajstić information content (AvgIpc) is 3.61. The molecule has 0 aliphatic carbocycles. The SMILES string of the molecule is CCCc1nc2c(C)cc(-c3nc4ccccc4n3C)cc2n1Cc1ccc(-c2ccccc2C(=O)OCCCCCON(O)O)cc1. The van der Waals surface area contributed by atoms with E-state index < -0.39 is 0 Å². The second kappa shape index (κ2) is 14.9. The highest BCUT2D eigenvalue weighted by atomic mass is 17.1. The summed E-state index contributed by atoms with van der Waals surface area (Å²) in [6.07, 6.45) is 3.84. The van der Waals surface area contributed by atoms with Crippen LogP contribution in [0, 0.1) is 6.92 Å². The number of hydrogen-bond donors (Lipinski definition) is 2. The summed E-state index contributed by atoms with van der Waals surface area (Å²) in [5.41, 5.74) is 9.77. The van der Waals surface area contributed by atoms with Crippen molar-refractivity contribution in [2.45, 2.75) is 52.5 Å². The Bertz CT molecular complexity index is 2030. The van der Waals surface area contributed by atoms with Gasteiger partial charge < -0.3 is 13.9 Å². The number of imidazole rings is 2. The van der Waals surface area contributed by atoms with Crippen LogP contribution >= 0.6 is 0 Å². The maximum absolute atomic E-state index is 13.0. The molecule has 0 fully saturated rings. The van der Waals surface area contributed by atoms with Gasteiger partial charge in [-0.25, -0.2) is 14.8 Å². The fourth-order valence-electron chi connectivity index (χ4n) is 6.22. The summed E-state index contributed by atoms with van der Waals surface area (Å²) in [5, 5.41) is 16.9. The molecule has 0 saturated carbocycles. The number of nitrogens with zero attached hydrogens (tertiary/aromatic N) is 5. The first kappa shape index (κ1) is 33.0. The predicted molar refractivity (Wildman–Crippen MR) is 185 cm³/mol. The molecule has 0 radical (unpaired) electrons. The van der Waals surface area contributed by atoms with Gasteiger partial charge in [0.15, 0.2) is 0 Å². The zero-order chi connectivity index (χ0) is 33.6. The Morgan fingerprint density at radius 2 is 1.60 bits per heavy atom. The Kier molecular flexibility index (Phi) is 10.3. The molecule has 2 N–H and O–H groups in total. The highest BCUT2D eigenvalue weighted by molar-refractivity contribution is 5.97. The number of ether oxygens (including phenoxy) is 1. The van der Waals surface area contributed by atoms with Crippen LogP contribution in [0.5, 0.6) is 0 Å². The normalized spacial score (nSPS) is 11.6. The second-order valence-electron chi connectivity index (χ2n) is 12.0. The third-order valence-corrected chi connectivity index (χ3v) is 8.62. The Hall–Kier alpha value is -4.87. The molecule has 4 aromatic carbocycles. The van der Waals surface area contributed by atoms with Gasteiger partial charge in [-0.2, -0.15) is 0 Å². The minimum absolute atomic E-state index is 0.167. The second-order valence-corrected chi connectivity index (χ2v) is 12.0. The van der Waals surface area contributed by atoms with E-state index in [0.29, 0.717) is 24.9 Å². The molecule has 0 aliphatic heterocycles. The van der Waals surface area contributed by atoms with Gasteiger partial charge in [0.05, 0.1) is 46.2 Å². The van der Waals surface area contributed by atoms with Crippen LogP contribution in [0.4, 0.5) is 0 Å². The topological polar surface area (TPSA) is 115 Å². The van der Waals surface area contributed by atoms with Crippen molar-refractivity contribution in [3.63, 3.8) is 0 Å². The van der Waals surface area contributed by atoms with Gasteiger partial charge in [-0.3, -0.25) is 15.3 Å². The van der Waals surface area contributed by atoms with Gasteiger partial charge in [0.25, 0.3) is 0 Å². The summed E-state index contributed by atoms with van der Waals surface area (Å²) in [6.45, 7) is 5.40. The quantitative estimate of drug-likeness (QED) is 0.0697. The first-order chi connectivity index (χ1) is 23.3. The molecule has 0 aliphatic rings. The first-order valence-electron chi connectivity index (χ1n) is 16.4. The van der Waals surface area contributed by atoms with Gasteiger partial charge in [0.1, 0.15) is 11.6 Å². The number of aryl methyl sites for hydroxylation is 3. The summed E-state index contributed by atoms with van der Waals surface area (Å²) < 4.78 is 10.0. The number of fused-ring (bicyclic) bond motifs is 2. The third-order valence-electron chi connectivity index (χ3n) is 8.62. The van der Waals surface area contributed by atoms with Crippen molar-refractivity contribution in [2.75, 3.05) is 13.2 Å². The summed E-state index contributed by atoms with van der Waals surface area (Å²) in [7, 11) is 2.06. The molecule has 6 rings (SSSR count). The van der Waals surface area contributed by atoms with Gasteiger partial charge in [0, 0.05) is 25.6 Å². The monoisotopic (exact) mass is 647 g/mol. The Balaban J connectivity index is 1.22. The number of carbonyl (C=O) groups is 1. The minimum Gasteiger partial charge on any atom is -0.462 e. The van der Waals surface area contributed by atoms with Gasteiger partial charge in [-0.15, -0.1) is 0 Å². The van der Waals surface area contributed by atoms with Crippen molar-refractivity contribution in [3.05, 3.63) is 107 Å². The molecule has 248 valence electrons. The molecule has 48 heavy (non-hydrogen) atoms. The Labute approximate surface area is 279 Å².